The molecule has 2 aliphatic rings. The zero-order valence-electron chi connectivity index (χ0n) is 14.2. The first-order valence-corrected chi connectivity index (χ1v) is 9.07. The second-order valence-corrected chi connectivity index (χ2v) is 9.47. The molecule has 1 fully saturated rings. The fourth-order valence-corrected chi connectivity index (χ4v) is 4.68. The minimum absolute atomic E-state index is 0.00573. The number of fused-ring (bicyclic) bond motifs is 2. The van der Waals surface area contributed by atoms with Crippen LogP contribution in [0.1, 0.15) is 27.2 Å². The summed E-state index contributed by atoms with van der Waals surface area (Å²) in [6, 6.07) is 7.73. The predicted molar refractivity (Wildman–Crippen MR) is 96.0 cm³/mol. The molecular weight excluding hydrogens is 322 g/mol. The van der Waals surface area contributed by atoms with Gasteiger partial charge in [0.2, 0.25) is 5.91 Å². The Balaban J connectivity index is 1.69. The van der Waals surface area contributed by atoms with Crippen LogP contribution in [0.4, 0.5) is 5.69 Å². The van der Waals surface area contributed by atoms with Crippen LogP contribution in [0.25, 0.3) is 0 Å². The van der Waals surface area contributed by atoms with E-state index >= 15 is 0 Å². The Hall–Kier alpha value is -1.75. The van der Waals surface area contributed by atoms with Crippen LogP contribution in [0.5, 0.6) is 0 Å². The van der Waals surface area contributed by atoms with E-state index in [1.54, 1.807) is 11.8 Å². The molecule has 0 aromatic heterocycles. The number of rotatable bonds is 4. The maximum Gasteiger partial charge on any atom is 0.307 e. The van der Waals surface area contributed by atoms with Crippen molar-refractivity contribution in [3.63, 3.8) is 0 Å². The van der Waals surface area contributed by atoms with Crippen molar-refractivity contribution in [1.82, 2.24) is 0 Å². The highest BCUT2D eigenvalue weighted by atomic mass is 32.2. The molecule has 0 spiro atoms. The van der Waals surface area contributed by atoms with Crippen LogP contribution < -0.4 is 5.32 Å². The Labute approximate surface area is 146 Å². The molecule has 1 saturated carbocycles. The number of hydrogen-bond acceptors (Lipinski definition) is 3. The first kappa shape index (κ1) is 17.1. The van der Waals surface area contributed by atoms with Gasteiger partial charge in [-0.05, 0) is 42.5 Å². The Morgan fingerprint density at radius 3 is 2.21 bits per heavy atom. The maximum absolute atomic E-state index is 12.6. The smallest absolute Gasteiger partial charge is 0.307 e. The standard InChI is InChI=1S/C19H23NO3S/c1-19(2,3)24-14-8-6-13(7-9-14)20-17(21)15-11-4-5-12(10-11)16(15)18(22)23/h4-9,11-12,15-16H,10H2,1-3H3,(H,20,21)(H,22,23). The van der Waals surface area contributed by atoms with Gasteiger partial charge in [0, 0.05) is 15.3 Å². The number of anilines is 1. The van der Waals surface area contributed by atoms with E-state index in [2.05, 4.69) is 26.1 Å². The average molecular weight is 345 g/mol. The Morgan fingerprint density at radius 2 is 1.67 bits per heavy atom. The van der Waals surface area contributed by atoms with Gasteiger partial charge in [0.1, 0.15) is 0 Å². The molecule has 2 aliphatic carbocycles. The topological polar surface area (TPSA) is 66.4 Å². The molecule has 4 atom stereocenters. The third-order valence-electron chi connectivity index (χ3n) is 4.59. The number of amides is 1. The van der Waals surface area contributed by atoms with E-state index in [4.69, 9.17) is 0 Å². The number of carboxylic acid groups (broad SMARTS) is 1. The van der Waals surface area contributed by atoms with E-state index in [0.29, 0.717) is 5.69 Å². The molecule has 4 nitrogen and oxygen atoms in total. The largest absolute Gasteiger partial charge is 0.481 e. The summed E-state index contributed by atoms with van der Waals surface area (Å²) in [7, 11) is 0. The summed E-state index contributed by atoms with van der Waals surface area (Å²) in [5.74, 6) is -2.09. The molecule has 0 radical (unpaired) electrons. The summed E-state index contributed by atoms with van der Waals surface area (Å²) >= 11 is 1.77. The second kappa shape index (κ2) is 6.28. The third kappa shape index (κ3) is 3.51. The molecule has 5 heteroatoms. The minimum Gasteiger partial charge on any atom is -0.481 e. The normalized spacial score (nSPS) is 28.1. The molecule has 0 saturated heterocycles. The van der Waals surface area contributed by atoms with Crippen molar-refractivity contribution in [1.29, 1.82) is 0 Å². The summed E-state index contributed by atoms with van der Waals surface area (Å²) in [5, 5.41) is 12.3. The van der Waals surface area contributed by atoms with Gasteiger partial charge in [0.25, 0.3) is 0 Å². The highest BCUT2D eigenvalue weighted by Crippen LogP contribution is 2.48. The van der Waals surface area contributed by atoms with E-state index in [9.17, 15) is 14.7 Å². The van der Waals surface area contributed by atoms with E-state index in [1.165, 1.54) is 0 Å². The molecule has 128 valence electrons. The van der Waals surface area contributed by atoms with Gasteiger partial charge in [-0.3, -0.25) is 9.59 Å². The van der Waals surface area contributed by atoms with Crippen LogP contribution in [0.15, 0.2) is 41.3 Å². The number of thioether (sulfide) groups is 1. The SMILES string of the molecule is CC(C)(C)Sc1ccc(NC(=O)C2C3C=CC(C3)C2C(=O)O)cc1. The van der Waals surface area contributed by atoms with Crippen LogP contribution >= 0.6 is 11.8 Å². The lowest BCUT2D eigenvalue weighted by molar-refractivity contribution is -0.146. The number of carbonyl (C=O) groups excluding carboxylic acids is 1. The zero-order valence-corrected chi connectivity index (χ0v) is 15.0. The number of allylic oxidation sites excluding steroid dienone is 2. The molecule has 4 unspecified atom stereocenters. The molecule has 0 aliphatic heterocycles. The van der Waals surface area contributed by atoms with Gasteiger partial charge in [0.05, 0.1) is 11.8 Å². The van der Waals surface area contributed by atoms with Gasteiger partial charge in [-0.25, -0.2) is 0 Å². The summed E-state index contributed by atoms with van der Waals surface area (Å²) in [6.07, 6.45) is 4.72. The first-order chi connectivity index (χ1) is 11.2. The lowest BCUT2D eigenvalue weighted by Gasteiger charge is -2.24. The van der Waals surface area contributed by atoms with Crippen molar-refractivity contribution in [3.8, 4) is 0 Å². The molecule has 2 bridgehead atoms. The number of carbonyl (C=O) groups is 2. The van der Waals surface area contributed by atoms with E-state index in [0.717, 1.165) is 11.3 Å². The number of benzene rings is 1. The van der Waals surface area contributed by atoms with Crippen molar-refractivity contribution >= 4 is 29.3 Å². The molecule has 24 heavy (non-hydrogen) atoms. The summed E-state index contributed by atoms with van der Waals surface area (Å²) < 4.78 is 0.134. The molecule has 1 amide bonds. The highest BCUT2D eigenvalue weighted by Gasteiger charge is 2.51. The van der Waals surface area contributed by atoms with Crippen molar-refractivity contribution in [2.24, 2.45) is 23.7 Å². The monoisotopic (exact) mass is 345 g/mol. The van der Waals surface area contributed by atoms with Crippen molar-refractivity contribution < 1.29 is 14.7 Å². The lowest BCUT2D eigenvalue weighted by Crippen LogP contribution is -2.36. The van der Waals surface area contributed by atoms with Crippen molar-refractivity contribution in [2.75, 3.05) is 5.32 Å². The summed E-state index contributed by atoms with van der Waals surface area (Å²) in [6.45, 7) is 6.46. The Morgan fingerprint density at radius 1 is 1.08 bits per heavy atom. The van der Waals surface area contributed by atoms with Gasteiger partial charge in [-0.2, -0.15) is 0 Å². The van der Waals surface area contributed by atoms with Crippen LogP contribution in [0.3, 0.4) is 0 Å². The number of carboxylic acids is 1. The van der Waals surface area contributed by atoms with Crippen molar-refractivity contribution in [2.45, 2.75) is 36.8 Å². The predicted octanol–water partition coefficient (Wildman–Crippen LogP) is 4.04. The minimum atomic E-state index is -0.871. The highest BCUT2D eigenvalue weighted by molar-refractivity contribution is 8.00. The molecule has 0 heterocycles. The average Bonchev–Trinajstić information content (AvgIpc) is 3.08. The van der Waals surface area contributed by atoms with Gasteiger partial charge in [-0.1, -0.05) is 32.9 Å². The van der Waals surface area contributed by atoms with E-state index < -0.39 is 17.8 Å². The van der Waals surface area contributed by atoms with Gasteiger partial charge >= 0.3 is 5.97 Å². The molecule has 1 aromatic rings. The van der Waals surface area contributed by atoms with Crippen LogP contribution in [0, 0.1) is 23.7 Å². The summed E-state index contributed by atoms with van der Waals surface area (Å²) in [4.78, 5) is 25.3. The molecule has 2 N–H and O–H groups in total. The third-order valence-corrected chi connectivity index (χ3v) is 5.71. The van der Waals surface area contributed by atoms with Crippen LogP contribution in [0.2, 0.25) is 0 Å². The fraction of sp³-hybridized carbons (Fsp3) is 0.474. The Bertz CT molecular complexity index is 675. The molecule has 3 rings (SSSR count). The fourth-order valence-electron chi connectivity index (χ4n) is 3.70. The zero-order chi connectivity index (χ0) is 17.5. The Kier molecular flexibility index (Phi) is 4.47. The van der Waals surface area contributed by atoms with E-state index in [1.807, 2.05) is 36.4 Å². The summed E-state index contributed by atoms with van der Waals surface area (Å²) in [5.41, 5.74) is 0.717. The van der Waals surface area contributed by atoms with Crippen LogP contribution in [-0.2, 0) is 9.59 Å². The van der Waals surface area contributed by atoms with Crippen molar-refractivity contribution in [3.05, 3.63) is 36.4 Å². The number of hydrogen-bond donors (Lipinski definition) is 2. The number of nitrogens with one attached hydrogen (secondary N) is 1. The quantitative estimate of drug-likeness (QED) is 0.638. The maximum atomic E-state index is 12.6. The first-order valence-electron chi connectivity index (χ1n) is 8.26. The number of aliphatic carboxylic acids is 1. The van der Waals surface area contributed by atoms with E-state index in [-0.39, 0.29) is 22.5 Å². The second-order valence-electron chi connectivity index (χ2n) is 7.57. The molecule has 1 aromatic carbocycles. The van der Waals surface area contributed by atoms with Gasteiger partial charge < -0.3 is 10.4 Å². The van der Waals surface area contributed by atoms with Crippen LogP contribution in [-0.4, -0.2) is 21.7 Å². The van der Waals surface area contributed by atoms with Gasteiger partial charge in [0.15, 0.2) is 0 Å². The van der Waals surface area contributed by atoms with Gasteiger partial charge in [-0.15, -0.1) is 11.8 Å². The molecular formula is C19H23NO3S. The lowest BCUT2D eigenvalue weighted by atomic mass is 9.82.